The van der Waals surface area contributed by atoms with Gasteiger partial charge in [-0.25, -0.2) is 12.8 Å². The van der Waals surface area contributed by atoms with Crippen molar-refractivity contribution in [3.05, 3.63) is 35.1 Å². The monoisotopic (exact) mass is 412 g/mol. The molecule has 8 heteroatoms. The van der Waals surface area contributed by atoms with Gasteiger partial charge in [0.2, 0.25) is 0 Å². The number of rotatable bonds is 7. The van der Waals surface area contributed by atoms with Crippen molar-refractivity contribution in [2.24, 2.45) is 10.9 Å². The van der Waals surface area contributed by atoms with Gasteiger partial charge in [-0.1, -0.05) is 6.07 Å². The number of piperidine rings is 1. The lowest BCUT2D eigenvalue weighted by molar-refractivity contribution is 0.141. The summed E-state index contributed by atoms with van der Waals surface area (Å²) in [6, 6.07) is 4.76. The summed E-state index contributed by atoms with van der Waals surface area (Å²) in [6.07, 6.45) is 3.57. The molecule has 1 aliphatic rings. The Kier molecular flexibility index (Phi) is 8.24. The van der Waals surface area contributed by atoms with Crippen LogP contribution in [0.2, 0.25) is 0 Å². The molecular formula is C20H33FN4O2S. The van der Waals surface area contributed by atoms with Crippen molar-refractivity contribution in [2.45, 2.75) is 45.0 Å². The number of aliphatic imine (C=N–C) groups is 1. The Labute approximate surface area is 168 Å². The Balaban J connectivity index is 1.93. The Morgan fingerprint density at radius 1 is 1.32 bits per heavy atom. The second-order valence-electron chi connectivity index (χ2n) is 7.89. The molecule has 1 aromatic carbocycles. The molecule has 0 spiro atoms. The predicted octanol–water partition coefficient (Wildman–Crippen LogP) is 2.16. The standard InChI is InChI=1S/C20H33FN4O2S/c1-15(2)25-9-5-6-16(13-25)11-23-20(22-3)24-12-18-10-19(21)8-7-17(18)14-28(4,26)27/h7-8,10,15-16H,5-6,9,11-14H2,1-4H3,(H2,22,23,24). The van der Waals surface area contributed by atoms with Gasteiger partial charge in [0.1, 0.15) is 5.82 Å². The first-order chi connectivity index (χ1) is 13.2. The minimum atomic E-state index is -3.19. The summed E-state index contributed by atoms with van der Waals surface area (Å²) in [4.78, 5) is 6.73. The smallest absolute Gasteiger partial charge is 0.191 e. The third kappa shape index (κ3) is 7.39. The van der Waals surface area contributed by atoms with E-state index in [4.69, 9.17) is 0 Å². The molecule has 2 rings (SSSR count). The van der Waals surface area contributed by atoms with E-state index in [9.17, 15) is 12.8 Å². The van der Waals surface area contributed by atoms with Crippen molar-refractivity contribution < 1.29 is 12.8 Å². The maximum Gasteiger partial charge on any atom is 0.191 e. The number of hydrogen-bond donors (Lipinski definition) is 2. The zero-order chi connectivity index (χ0) is 20.7. The first-order valence-electron chi connectivity index (χ1n) is 9.81. The molecule has 0 radical (unpaired) electrons. The summed E-state index contributed by atoms with van der Waals surface area (Å²) in [5.74, 6) is 0.706. The minimum Gasteiger partial charge on any atom is -0.356 e. The summed E-state index contributed by atoms with van der Waals surface area (Å²) in [7, 11) is -1.50. The number of sulfone groups is 1. The first-order valence-corrected chi connectivity index (χ1v) is 11.9. The van der Waals surface area contributed by atoms with Crippen LogP contribution in [0.4, 0.5) is 4.39 Å². The highest BCUT2D eigenvalue weighted by Crippen LogP contribution is 2.18. The van der Waals surface area contributed by atoms with Gasteiger partial charge >= 0.3 is 0 Å². The van der Waals surface area contributed by atoms with Crippen LogP contribution in [0.3, 0.4) is 0 Å². The minimum absolute atomic E-state index is 0.108. The average Bonchev–Trinajstić information content (AvgIpc) is 2.63. The average molecular weight is 413 g/mol. The largest absolute Gasteiger partial charge is 0.356 e. The lowest BCUT2D eigenvalue weighted by atomic mass is 9.97. The van der Waals surface area contributed by atoms with Crippen molar-refractivity contribution in [3.8, 4) is 0 Å². The zero-order valence-corrected chi connectivity index (χ0v) is 18.2. The van der Waals surface area contributed by atoms with E-state index in [2.05, 4.69) is 34.4 Å². The Morgan fingerprint density at radius 3 is 2.71 bits per heavy atom. The van der Waals surface area contributed by atoms with E-state index >= 15 is 0 Å². The maximum absolute atomic E-state index is 13.7. The lowest BCUT2D eigenvalue weighted by Crippen LogP contribution is -2.46. The number of guanidine groups is 1. The molecule has 1 heterocycles. The van der Waals surface area contributed by atoms with Gasteiger partial charge in [-0.15, -0.1) is 0 Å². The fourth-order valence-electron chi connectivity index (χ4n) is 3.56. The van der Waals surface area contributed by atoms with E-state index in [0.717, 1.165) is 19.6 Å². The van der Waals surface area contributed by atoms with Crippen LogP contribution in [0.5, 0.6) is 0 Å². The Morgan fingerprint density at radius 2 is 2.07 bits per heavy atom. The molecule has 1 atom stereocenters. The van der Waals surface area contributed by atoms with Crippen molar-refractivity contribution in [2.75, 3.05) is 32.9 Å². The van der Waals surface area contributed by atoms with E-state index in [0.29, 0.717) is 35.6 Å². The maximum atomic E-state index is 13.7. The van der Waals surface area contributed by atoms with Crippen molar-refractivity contribution in [1.82, 2.24) is 15.5 Å². The molecule has 2 N–H and O–H groups in total. The fraction of sp³-hybridized carbons (Fsp3) is 0.650. The quantitative estimate of drug-likeness (QED) is 0.530. The number of nitrogens with zero attached hydrogens (tertiary/aromatic N) is 2. The van der Waals surface area contributed by atoms with Crippen molar-refractivity contribution >= 4 is 15.8 Å². The molecule has 1 aromatic rings. The summed E-state index contributed by atoms with van der Waals surface area (Å²) < 4.78 is 36.9. The lowest BCUT2D eigenvalue weighted by Gasteiger charge is -2.35. The van der Waals surface area contributed by atoms with E-state index in [1.165, 1.54) is 37.3 Å². The van der Waals surface area contributed by atoms with Gasteiger partial charge < -0.3 is 15.5 Å². The van der Waals surface area contributed by atoms with E-state index in [-0.39, 0.29) is 11.6 Å². The molecule has 0 aliphatic carbocycles. The van der Waals surface area contributed by atoms with Crippen molar-refractivity contribution in [3.63, 3.8) is 0 Å². The number of hydrogen-bond acceptors (Lipinski definition) is 4. The second-order valence-corrected chi connectivity index (χ2v) is 10.0. The molecule has 6 nitrogen and oxygen atoms in total. The van der Waals surface area contributed by atoms with E-state index in [1.807, 2.05) is 0 Å². The summed E-state index contributed by atoms with van der Waals surface area (Å²) >= 11 is 0. The van der Waals surface area contributed by atoms with Gasteiger partial charge in [0.05, 0.1) is 5.75 Å². The highest BCUT2D eigenvalue weighted by atomic mass is 32.2. The van der Waals surface area contributed by atoms with Crippen LogP contribution in [0.1, 0.15) is 37.8 Å². The van der Waals surface area contributed by atoms with Crippen LogP contribution in [-0.4, -0.2) is 58.3 Å². The molecule has 28 heavy (non-hydrogen) atoms. The third-order valence-electron chi connectivity index (χ3n) is 5.09. The Bertz CT molecular complexity index is 780. The van der Waals surface area contributed by atoms with Crippen LogP contribution in [-0.2, 0) is 22.1 Å². The second kappa shape index (κ2) is 10.2. The van der Waals surface area contributed by atoms with Crippen LogP contribution in [0, 0.1) is 11.7 Å². The SMILES string of the molecule is CN=C(NCc1cc(F)ccc1CS(C)(=O)=O)NCC1CCCN(C(C)C)C1. The normalized spacial score (nSPS) is 19.1. The molecule has 1 aliphatic heterocycles. The van der Waals surface area contributed by atoms with Gasteiger partial charge in [0.25, 0.3) is 0 Å². The topological polar surface area (TPSA) is 73.8 Å². The molecule has 1 fully saturated rings. The molecular weight excluding hydrogens is 379 g/mol. The number of halogens is 1. The van der Waals surface area contributed by atoms with Gasteiger partial charge in [-0.3, -0.25) is 4.99 Å². The molecule has 0 saturated carbocycles. The first kappa shape index (κ1) is 22.6. The molecule has 158 valence electrons. The number of likely N-dealkylation sites (tertiary alicyclic amines) is 1. The van der Waals surface area contributed by atoms with Crippen LogP contribution >= 0.6 is 0 Å². The van der Waals surface area contributed by atoms with Crippen LogP contribution < -0.4 is 10.6 Å². The van der Waals surface area contributed by atoms with Gasteiger partial charge in [-0.05, 0) is 62.4 Å². The molecule has 0 bridgehead atoms. The van der Waals surface area contributed by atoms with Gasteiger partial charge in [-0.2, -0.15) is 0 Å². The van der Waals surface area contributed by atoms with E-state index < -0.39 is 9.84 Å². The number of benzene rings is 1. The summed E-state index contributed by atoms with van der Waals surface area (Å²) in [5, 5.41) is 6.53. The van der Waals surface area contributed by atoms with Gasteiger partial charge in [0, 0.05) is 39.0 Å². The fourth-order valence-corrected chi connectivity index (χ4v) is 4.40. The summed E-state index contributed by atoms with van der Waals surface area (Å²) in [6.45, 7) is 7.81. The molecule has 1 unspecified atom stereocenters. The third-order valence-corrected chi connectivity index (χ3v) is 5.93. The van der Waals surface area contributed by atoms with E-state index in [1.54, 1.807) is 7.05 Å². The number of nitrogens with one attached hydrogen (secondary N) is 2. The zero-order valence-electron chi connectivity index (χ0n) is 17.3. The van der Waals surface area contributed by atoms with Crippen LogP contribution in [0.15, 0.2) is 23.2 Å². The highest BCUT2D eigenvalue weighted by Gasteiger charge is 2.21. The highest BCUT2D eigenvalue weighted by molar-refractivity contribution is 7.89. The molecule has 0 amide bonds. The predicted molar refractivity (Wildman–Crippen MR) is 113 cm³/mol. The van der Waals surface area contributed by atoms with Gasteiger partial charge in [0.15, 0.2) is 15.8 Å². The summed E-state index contributed by atoms with van der Waals surface area (Å²) in [5.41, 5.74) is 1.23. The van der Waals surface area contributed by atoms with Crippen LogP contribution in [0.25, 0.3) is 0 Å². The molecule has 0 aromatic heterocycles. The molecule has 1 saturated heterocycles. The van der Waals surface area contributed by atoms with Crippen molar-refractivity contribution in [1.29, 1.82) is 0 Å². The Hall–Kier alpha value is -1.67.